The number of hydrogen-bond acceptors (Lipinski definition) is 2. The van der Waals surface area contributed by atoms with Crippen molar-refractivity contribution in [3.05, 3.63) is 29.6 Å². The Balaban J connectivity index is 1.85. The van der Waals surface area contributed by atoms with Gasteiger partial charge in [0.25, 0.3) is 0 Å². The Hall–Kier alpha value is -1.35. The lowest BCUT2D eigenvalue weighted by Gasteiger charge is -2.03. The average molecular weight is 241 g/mol. The molecule has 0 radical (unpaired) electrons. The quantitative estimate of drug-likeness (QED) is 0.878. The molecule has 1 heterocycles. The summed E-state index contributed by atoms with van der Waals surface area (Å²) < 4.78 is 2.29. The van der Waals surface area contributed by atoms with Gasteiger partial charge in [0.05, 0.1) is 11.0 Å². The first-order valence-corrected chi connectivity index (χ1v) is 6.95. The topological polar surface area (TPSA) is 43.8 Å². The summed E-state index contributed by atoms with van der Waals surface area (Å²) in [7, 11) is 2.15. The van der Waals surface area contributed by atoms with Crippen LogP contribution < -0.4 is 5.73 Å². The Morgan fingerprint density at radius 2 is 2.11 bits per heavy atom. The Morgan fingerprint density at radius 3 is 2.83 bits per heavy atom. The molecule has 2 aliphatic rings. The summed E-state index contributed by atoms with van der Waals surface area (Å²) in [5, 5.41) is 0. The van der Waals surface area contributed by atoms with Gasteiger partial charge in [0.2, 0.25) is 0 Å². The molecule has 2 aromatic rings. The van der Waals surface area contributed by atoms with Crippen LogP contribution in [-0.2, 0) is 13.6 Å². The highest BCUT2D eigenvalue weighted by Crippen LogP contribution is 2.62. The van der Waals surface area contributed by atoms with E-state index in [-0.39, 0.29) is 0 Å². The van der Waals surface area contributed by atoms with Gasteiger partial charge in [-0.05, 0) is 36.3 Å². The van der Waals surface area contributed by atoms with Gasteiger partial charge in [0.15, 0.2) is 0 Å². The van der Waals surface area contributed by atoms with Crippen LogP contribution in [0.2, 0.25) is 0 Å². The van der Waals surface area contributed by atoms with Crippen LogP contribution in [0, 0.1) is 11.8 Å². The zero-order valence-electron chi connectivity index (χ0n) is 10.8. The average Bonchev–Trinajstić information content (AvgIpc) is 2.77. The second-order valence-corrected chi connectivity index (χ2v) is 5.80. The van der Waals surface area contributed by atoms with Crippen LogP contribution in [0.25, 0.3) is 11.0 Å². The van der Waals surface area contributed by atoms with Gasteiger partial charge in [-0.25, -0.2) is 4.98 Å². The van der Waals surface area contributed by atoms with E-state index in [1.54, 1.807) is 0 Å². The Kier molecular flexibility index (Phi) is 2.10. The first-order chi connectivity index (χ1) is 8.81. The fraction of sp³-hybridized carbons (Fsp3) is 0.533. The highest BCUT2D eigenvalue weighted by Gasteiger charge is 2.55. The number of nitrogens with zero attached hydrogens (tertiary/aromatic N) is 2. The Bertz CT molecular complexity index is 603. The molecule has 3 heteroatoms. The Morgan fingerprint density at radius 1 is 1.33 bits per heavy atom. The number of aromatic nitrogens is 2. The first-order valence-electron chi connectivity index (χ1n) is 6.95. The number of aryl methyl sites for hydroxylation is 1. The maximum Gasteiger partial charge on any atom is 0.113 e. The second kappa shape index (κ2) is 3.58. The summed E-state index contributed by atoms with van der Waals surface area (Å²) in [6.45, 7) is 0.575. The van der Waals surface area contributed by atoms with Gasteiger partial charge in [0.1, 0.15) is 5.82 Å². The number of rotatable bonds is 2. The molecule has 3 nitrogen and oxygen atoms in total. The molecule has 94 valence electrons. The van der Waals surface area contributed by atoms with Crippen molar-refractivity contribution in [2.45, 2.75) is 31.7 Å². The third-order valence-corrected chi connectivity index (χ3v) is 4.95. The summed E-state index contributed by atoms with van der Waals surface area (Å²) in [6.07, 6.45) is 4.23. The van der Waals surface area contributed by atoms with Crippen LogP contribution >= 0.6 is 0 Å². The number of para-hydroxylation sites is 1. The molecule has 2 aliphatic carbocycles. The van der Waals surface area contributed by atoms with Crippen molar-refractivity contribution < 1.29 is 0 Å². The molecule has 0 saturated heterocycles. The minimum absolute atomic E-state index is 0.575. The lowest BCUT2D eigenvalue weighted by molar-refractivity contribution is 0.642. The summed E-state index contributed by atoms with van der Waals surface area (Å²) in [6, 6.07) is 6.33. The normalized spacial score (nSPS) is 29.8. The molecule has 1 aromatic heterocycles. The zero-order chi connectivity index (χ0) is 12.3. The van der Waals surface area contributed by atoms with Gasteiger partial charge in [-0.2, -0.15) is 0 Å². The van der Waals surface area contributed by atoms with Crippen LogP contribution in [0.5, 0.6) is 0 Å². The molecule has 2 saturated carbocycles. The largest absolute Gasteiger partial charge is 0.331 e. The van der Waals surface area contributed by atoms with Crippen LogP contribution in [0.1, 0.15) is 36.6 Å². The van der Waals surface area contributed by atoms with E-state index in [4.69, 9.17) is 10.7 Å². The van der Waals surface area contributed by atoms with E-state index in [1.807, 2.05) is 0 Å². The van der Waals surface area contributed by atoms with E-state index < -0.39 is 0 Å². The van der Waals surface area contributed by atoms with E-state index >= 15 is 0 Å². The third kappa shape index (κ3) is 1.25. The summed E-state index contributed by atoms with van der Waals surface area (Å²) in [5.74, 6) is 3.85. The minimum atomic E-state index is 0.575. The van der Waals surface area contributed by atoms with Gasteiger partial charge < -0.3 is 10.3 Å². The molecule has 2 atom stereocenters. The molecule has 2 unspecified atom stereocenters. The predicted octanol–water partition coefficient (Wildman–Crippen LogP) is 2.55. The molecular formula is C15H19N3. The van der Waals surface area contributed by atoms with Crippen molar-refractivity contribution in [3.8, 4) is 0 Å². The SMILES string of the molecule is Cn1c(C2C3CCCC32)nc2c(CN)cccc21. The molecule has 0 amide bonds. The van der Waals surface area contributed by atoms with Crippen molar-refractivity contribution >= 4 is 11.0 Å². The lowest BCUT2D eigenvalue weighted by atomic mass is 10.1. The molecule has 2 fully saturated rings. The third-order valence-electron chi connectivity index (χ3n) is 4.95. The van der Waals surface area contributed by atoms with Crippen molar-refractivity contribution in [1.29, 1.82) is 0 Å². The van der Waals surface area contributed by atoms with E-state index in [2.05, 4.69) is 29.8 Å². The van der Waals surface area contributed by atoms with Gasteiger partial charge in [0, 0.05) is 19.5 Å². The summed E-state index contributed by atoms with van der Waals surface area (Å²) in [4.78, 5) is 4.91. The van der Waals surface area contributed by atoms with Gasteiger partial charge in [-0.15, -0.1) is 0 Å². The second-order valence-electron chi connectivity index (χ2n) is 5.80. The standard InChI is InChI=1S/C15H19N3/c1-18-12-7-2-4-9(8-16)14(12)17-15(18)13-10-5-3-6-11(10)13/h2,4,7,10-11,13H,3,5-6,8,16H2,1H3. The molecular weight excluding hydrogens is 222 g/mol. The number of nitrogens with two attached hydrogens (primary N) is 1. The molecule has 1 aromatic carbocycles. The maximum atomic E-state index is 5.81. The Labute approximate surface area is 107 Å². The van der Waals surface area contributed by atoms with Crippen molar-refractivity contribution in [3.63, 3.8) is 0 Å². The molecule has 2 N–H and O–H groups in total. The molecule has 18 heavy (non-hydrogen) atoms. The van der Waals surface area contributed by atoms with Crippen LogP contribution in [0.4, 0.5) is 0 Å². The summed E-state index contributed by atoms with van der Waals surface area (Å²) >= 11 is 0. The van der Waals surface area contributed by atoms with Gasteiger partial charge in [-0.3, -0.25) is 0 Å². The predicted molar refractivity (Wildman–Crippen MR) is 72.2 cm³/mol. The number of fused-ring (bicyclic) bond motifs is 2. The monoisotopic (exact) mass is 241 g/mol. The van der Waals surface area contributed by atoms with Crippen LogP contribution in [-0.4, -0.2) is 9.55 Å². The molecule has 0 aliphatic heterocycles. The molecule has 4 rings (SSSR count). The lowest BCUT2D eigenvalue weighted by Crippen LogP contribution is -1.98. The van der Waals surface area contributed by atoms with E-state index in [0.29, 0.717) is 6.54 Å². The number of benzene rings is 1. The van der Waals surface area contributed by atoms with E-state index in [0.717, 1.165) is 23.3 Å². The van der Waals surface area contributed by atoms with E-state index in [9.17, 15) is 0 Å². The zero-order valence-corrected chi connectivity index (χ0v) is 10.8. The molecule has 0 spiro atoms. The van der Waals surface area contributed by atoms with Crippen molar-refractivity contribution in [2.75, 3.05) is 0 Å². The number of hydrogen-bond donors (Lipinski definition) is 1. The summed E-state index contributed by atoms with van der Waals surface area (Å²) in [5.41, 5.74) is 9.32. The van der Waals surface area contributed by atoms with Crippen molar-refractivity contribution in [2.24, 2.45) is 24.6 Å². The van der Waals surface area contributed by atoms with Crippen molar-refractivity contribution in [1.82, 2.24) is 9.55 Å². The molecule has 0 bridgehead atoms. The van der Waals surface area contributed by atoms with Gasteiger partial charge in [-0.1, -0.05) is 18.6 Å². The highest BCUT2D eigenvalue weighted by atomic mass is 15.1. The fourth-order valence-corrected chi connectivity index (χ4v) is 3.96. The van der Waals surface area contributed by atoms with Crippen LogP contribution in [0.15, 0.2) is 18.2 Å². The fourth-order valence-electron chi connectivity index (χ4n) is 3.96. The number of imidazole rings is 1. The first kappa shape index (κ1) is 10.6. The minimum Gasteiger partial charge on any atom is -0.331 e. The smallest absolute Gasteiger partial charge is 0.113 e. The highest BCUT2D eigenvalue weighted by molar-refractivity contribution is 5.80. The van der Waals surface area contributed by atoms with Gasteiger partial charge >= 0.3 is 0 Å². The van der Waals surface area contributed by atoms with Crippen LogP contribution in [0.3, 0.4) is 0 Å². The van der Waals surface area contributed by atoms with E-state index in [1.165, 1.54) is 36.2 Å². The maximum absolute atomic E-state index is 5.81.